The van der Waals surface area contributed by atoms with Crippen LogP contribution < -0.4 is 4.74 Å². The van der Waals surface area contributed by atoms with Crippen molar-refractivity contribution in [3.63, 3.8) is 0 Å². The number of carboxylic acids is 1. The van der Waals surface area contributed by atoms with Gasteiger partial charge < -0.3 is 34.1 Å². The molecule has 0 amide bonds. The molecule has 1 spiro atoms. The number of likely N-dealkylation sites (tertiary alicyclic amines) is 1. The van der Waals surface area contributed by atoms with Gasteiger partial charge in [0.2, 0.25) is 12.2 Å². The number of nitrogens with zero attached hydrogens (tertiary/aromatic N) is 1. The Labute approximate surface area is 246 Å². The van der Waals surface area contributed by atoms with E-state index in [1.807, 2.05) is 13.1 Å². The lowest BCUT2D eigenvalue weighted by molar-refractivity contribution is -0.184. The molecule has 43 heavy (non-hydrogen) atoms. The Bertz CT molecular complexity index is 1450. The number of aldehydes is 1. The summed E-state index contributed by atoms with van der Waals surface area (Å²) in [5.74, 6) is -6.50. The van der Waals surface area contributed by atoms with Crippen LogP contribution >= 0.6 is 0 Å². The molecular weight excluding hydrogens is 566 g/mol. The predicted octanol–water partition coefficient (Wildman–Crippen LogP) is 0.863. The van der Waals surface area contributed by atoms with E-state index in [0.717, 1.165) is 25.0 Å². The highest BCUT2D eigenvalue weighted by Gasteiger charge is 2.72. The fourth-order valence-electron chi connectivity index (χ4n) is 7.08. The monoisotopic (exact) mass is 599 g/mol. The van der Waals surface area contributed by atoms with Crippen LogP contribution in [0.2, 0.25) is 0 Å². The number of rotatable bonds is 10. The molecule has 0 saturated carbocycles. The summed E-state index contributed by atoms with van der Waals surface area (Å²) in [5.41, 5.74) is -0.345. The summed E-state index contributed by atoms with van der Waals surface area (Å²) in [6.45, 7) is 3.97. The van der Waals surface area contributed by atoms with Gasteiger partial charge in [-0.05, 0) is 58.0 Å². The van der Waals surface area contributed by atoms with Crippen molar-refractivity contribution in [2.24, 2.45) is 5.92 Å². The average molecular weight is 600 g/mol. The molecule has 4 aliphatic rings. The van der Waals surface area contributed by atoms with Crippen LogP contribution in [0.5, 0.6) is 5.75 Å². The van der Waals surface area contributed by atoms with Gasteiger partial charge in [-0.1, -0.05) is 6.07 Å². The zero-order chi connectivity index (χ0) is 31.4. The zero-order valence-corrected chi connectivity index (χ0v) is 24.2. The highest BCUT2D eigenvalue weighted by molar-refractivity contribution is 5.89. The second-order valence-corrected chi connectivity index (χ2v) is 11.7. The molecule has 13 heteroatoms. The normalized spacial score (nSPS) is 28.6. The Balaban J connectivity index is 1.45. The maximum absolute atomic E-state index is 13.5. The summed E-state index contributed by atoms with van der Waals surface area (Å²) in [5, 5.41) is 21.6. The summed E-state index contributed by atoms with van der Waals surface area (Å²) in [6.07, 6.45) is -1.98. The molecule has 7 atom stereocenters. The average Bonchev–Trinajstić information content (AvgIpc) is 3.29. The lowest BCUT2D eigenvalue weighted by Gasteiger charge is -2.61. The first-order valence-electron chi connectivity index (χ1n) is 14.0. The van der Waals surface area contributed by atoms with Crippen LogP contribution in [-0.2, 0) is 50.0 Å². The molecule has 1 fully saturated rings. The van der Waals surface area contributed by atoms with Crippen molar-refractivity contribution in [3.05, 3.63) is 40.7 Å². The Morgan fingerprint density at radius 2 is 1.88 bits per heavy atom. The standard InChI is InChI=1S/C30H33NO12/c1-14(33)11-20(26(35)36)42-28(38)23(40-16(3)34)15(2)27(37)41-19-7-8-30(39)21-12-17-5-6-18(13-32)24-22(17)29(30,25(19)43-24)9-10-31(21)4/h5-7,13,15,20-21,23,25,39H,8-12H2,1-4H3,(H,35,36)/t15-,20+,21-,23-,25+,29+,30-/m1/s1. The van der Waals surface area contributed by atoms with Crippen molar-refractivity contribution in [3.8, 4) is 5.75 Å². The topological polar surface area (TPSA) is 183 Å². The Kier molecular flexibility index (Phi) is 7.68. The van der Waals surface area contributed by atoms with E-state index in [-0.39, 0.29) is 18.2 Å². The second kappa shape index (κ2) is 10.9. The first kappa shape index (κ1) is 30.4. The van der Waals surface area contributed by atoms with Crippen LogP contribution in [0.25, 0.3) is 0 Å². The van der Waals surface area contributed by atoms with Gasteiger partial charge in [0, 0.05) is 24.9 Å². The molecule has 2 N–H and O–H groups in total. The smallest absolute Gasteiger partial charge is 0.349 e. The van der Waals surface area contributed by atoms with Crippen molar-refractivity contribution < 1.29 is 57.9 Å². The fourth-order valence-corrected chi connectivity index (χ4v) is 7.08. The number of carboxylic acid groups (broad SMARTS) is 1. The van der Waals surface area contributed by atoms with E-state index >= 15 is 0 Å². The molecule has 230 valence electrons. The number of benzene rings is 1. The number of piperidine rings is 1. The molecule has 1 aromatic carbocycles. The Hall–Kier alpha value is -4.10. The SMILES string of the molecule is CC(=O)C[C@H](OC(=O)[C@H](OC(C)=O)[C@@H](C)C(=O)OC1=CC[C@@]2(O)[C@H]3Cc4ccc(C=O)c5c4[C@@]2(CCN3C)[C@H]1O5)C(=O)O. The van der Waals surface area contributed by atoms with Crippen LogP contribution in [0.1, 0.15) is 61.5 Å². The van der Waals surface area contributed by atoms with Gasteiger partial charge in [0.05, 0.1) is 23.0 Å². The number of likely N-dealkylation sites (N-methyl/N-ethyl adjacent to an activating group) is 1. The van der Waals surface area contributed by atoms with E-state index in [1.165, 1.54) is 6.92 Å². The maximum atomic E-state index is 13.5. The van der Waals surface area contributed by atoms with Gasteiger partial charge in [-0.2, -0.15) is 0 Å². The van der Waals surface area contributed by atoms with Crippen molar-refractivity contribution in [1.82, 2.24) is 4.90 Å². The Morgan fingerprint density at radius 1 is 1.16 bits per heavy atom. The molecule has 0 unspecified atom stereocenters. The number of carbonyl (C=O) groups is 6. The third kappa shape index (κ3) is 4.70. The second-order valence-electron chi connectivity index (χ2n) is 11.7. The van der Waals surface area contributed by atoms with Crippen LogP contribution in [0.4, 0.5) is 0 Å². The van der Waals surface area contributed by atoms with Gasteiger partial charge in [0.25, 0.3) is 0 Å². The lowest BCUT2D eigenvalue weighted by atomic mass is 9.50. The number of Topliss-reactive ketones (excluding diaryl/α,β-unsaturated/α-hetero) is 1. The number of aliphatic hydroxyl groups is 1. The van der Waals surface area contributed by atoms with Gasteiger partial charge in [-0.25, -0.2) is 9.59 Å². The number of carbonyl (C=O) groups excluding carboxylic acids is 5. The highest BCUT2D eigenvalue weighted by atomic mass is 16.6. The minimum absolute atomic E-state index is 0.0701. The number of hydrogen-bond donors (Lipinski definition) is 2. The third-order valence-electron chi connectivity index (χ3n) is 9.11. The van der Waals surface area contributed by atoms with E-state index in [4.69, 9.17) is 18.9 Å². The predicted molar refractivity (Wildman–Crippen MR) is 144 cm³/mol. The van der Waals surface area contributed by atoms with Crippen LogP contribution in [-0.4, -0.2) is 94.6 Å². The molecule has 13 nitrogen and oxygen atoms in total. The first-order chi connectivity index (χ1) is 20.2. The van der Waals surface area contributed by atoms with Gasteiger partial charge in [0.15, 0.2) is 12.4 Å². The molecule has 2 aliphatic heterocycles. The summed E-state index contributed by atoms with van der Waals surface area (Å²) < 4.78 is 22.1. The van der Waals surface area contributed by atoms with Gasteiger partial charge in [0.1, 0.15) is 23.2 Å². The van der Waals surface area contributed by atoms with Gasteiger partial charge in [-0.15, -0.1) is 0 Å². The highest BCUT2D eigenvalue weighted by Crippen LogP contribution is 2.64. The summed E-state index contributed by atoms with van der Waals surface area (Å²) in [4.78, 5) is 75.2. The molecular formula is C30H33NO12. The zero-order valence-electron chi connectivity index (χ0n) is 24.2. The minimum Gasteiger partial charge on any atom is -0.480 e. The van der Waals surface area contributed by atoms with Gasteiger partial charge >= 0.3 is 23.9 Å². The van der Waals surface area contributed by atoms with Crippen LogP contribution in [0.15, 0.2) is 24.0 Å². The number of ketones is 1. The number of aliphatic carboxylic acids is 1. The number of esters is 3. The number of ether oxygens (including phenoxy) is 4. The molecule has 5 rings (SSSR count). The van der Waals surface area contributed by atoms with Gasteiger partial charge in [-0.3, -0.25) is 19.2 Å². The van der Waals surface area contributed by atoms with Crippen molar-refractivity contribution in [2.75, 3.05) is 13.6 Å². The van der Waals surface area contributed by atoms with E-state index in [2.05, 4.69) is 4.90 Å². The van der Waals surface area contributed by atoms with Crippen molar-refractivity contribution >= 4 is 35.9 Å². The lowest BCUT2D eigenvalue weighted by Crippen LogP contribution is -2.74. The largest absolute Gasteiger partial charge is 0.480 e. The molecule has 2 bridgehead atoms. The van der Waals surface area contributed by atoms with Crippen LogP contribution in [0.3, 0.4) is 0 Å². The summed E-state index contributed by atoms with van der Waals surface area (Å²) in [7, 11) is 1.94. The molecule has 1 aromatic rings. The van der Waals surface area contributed by atoms with Crippen LogP contribution in [0, 0.1) is 5.92 Å². The molecule has 0 radical (unpaired) electrons. The Morgan fingerprint density at radius 3 is 2.51 bits per heavy atom. The van der Waals surface area contributed by atoms with E-state index in [1.54, 1.807) is 12.1 Å². The summed E-state index contributed by atoms with van der Waals surface area (Å²) >= 11 is 0. The van der Waals surface area contributed by atoms with Crippen molar-refractivity contribution in [1.29, 1.82) is 0 Å². The third-order valence-corrected chi connectivity index (χ3v) is 9.11. The van der Waals surface area contributed by atoms with E-state index < -0.39 is 71.3 Å². The number of hydrogen-bond acceptors (Lipinski definition) is 12. The summed E-state index contributed by atoms with van der Waals surface area (Å²) in [6, 6.07) is 3.26. The fraction of sp³-hybridized carbons (Fsp3) is 0.533. The minimum atomic E-state index is -1.88. The molecule has 1 saturated heterocycles. The van der Waals surface area contributed by atoms with E-state index in [9.17, 15) is 39.0 Å². The van der Waals surface area contributed by atoms with E-state index in [0.29, 0.717) is 37.0 Å². The van der Waals surface area contributed by atoms with Crippen molar-refractivity contribution in [2.45, 2.75) is 81.8 Å². The molecule has 2 aliphatic carbocycles. The first-order valence-corrected chi connectivity index (χ1v) is 14.0. The maximum Gasteiger partial charge on any atom is 0.349 e. The molecule has 2 heterocycles. The molecule has 0 aromatic heterocycles. The quantitative estimate of drug-likeness (QED) is 0.220.